The third kappa shape index (κ3) is 2.54. The van der Waals surface area contributed by atoms with E-state index in [4.69, 9.17) is 11.6 Å². The van der Waals surface area contributed by atoms with E-state index in [9.17, 15) is 0 Å². The minimum absolute atomic E-state index is 0.0962. The van der Waals surface area contributed by atoms with Crippen molar-refractivity contribution in [3.8, 4) is 0 Å². The molecule has 102 valence electrons. The number of nitrogens with zero attached hydrogens (tertiary/aromatic N) is 2. The fraction of sp³-hybridized carbons (Fsp3) is 0.200. The van der Waals surface area contributed by atoms with Gasteiger partial charge in [-0.3, -0.25) is 9.97 Å². The summed E-state index contributed by atoms with van der Waals surface area (Å²) in [5.41, 5.74) is 2.97. The number of aromatic nitrogens is 2. The lowest BCUT2D eigenvalue weighted by molar-refractivity contribution is 0.640. The van der Waals surface area contributed by atoms with Crippen molar-refractivity contribution >= 4 is 34.0 Å². The summed E-state index contributed by atoms with van der Waals surface area (Å²) in [6.45, 7) is 2.97. The quantitative estimate of drug-likeness (QED) is 0.790. The van der Waals surface area contributed by atoms with Gasteiger partial charge in [-0.1, -0.05) is 24.6 Å². The van der Waals surface area contributed by atoms with Crippen molar-refractivity contribution in [1.29, 1.82) is 0 Å². The number of fused-ring (bicyclic) bond motifs is 1. The summed E-state index contributed by atoms with van der Waals surface area (Å²) in [7, 11) is 0. The zero-order valence-corrected chi connectivity index (χ0v) is 12.6. The molecule has 0 aliphatic heterocycles. The highest BCUT2D eigenvalue weighted by atomic mass is 35.5. The molecule has 0 amide bonds. The fourth-order valence-corrected chi connectivity index (χ4v) is 3.50. The lowest BCUT2D eigenvalue weighted by Gasteiger charge is -2.18. The molecule has 2 heterocycles. The Kier molecular flexibility index (Phi) is 3.96. The normalized spacial score (nSPS) is 12.7. The van der Waals surface area contributed by atoms with Gasteiger partial charge in [0.2, 0.25) is 0 Å². The highest BCUT2D eigenvalue weighted by Crippen LogP contribution is 2.33. The zero-order chi connectivity index (χ0) is 13.9. The molecule has 0 fully saturated rings. The topological polar surface area (TPSA) is 37.8 Å². The molecule has 5 heteroatoms. The molecule has 1 aromatic carbocycles. The van der Waals surface area contributed by atoms with Crippen molar-refractivity contribution in [3.63, 3.8) is 0 Å². The van der Waals surface area contributed by atoms with Gasteiger partial charge < -0.3 is 5.32 Å². The molecular formula is C15H14ClN3S. The summed E-state index contributed by atoms with van der Waals surface area (Å²) in [6, 6.07) is 8.20. The first-order chi connectivity index (χ1) is 9.79. The summed E-state index contributed by atoms with van der Waals surface area (Å²) in [5, 5.41) is 6.31. The Morgan fingerprint density at radius 2 is 2.00 bits per heavy atom. The van der Waals surface area contributed by atoms with Crippen LogP contribution in [0.25, 0.3) is 11.0 Å². The highest BCUT2D eigenvalue weighted by Gasteiger charge is 2.18. The van der Waals surface area contributed by atoms with Gasteiger partial charge in [0.1, 0.15) is 0 Å². The van der Waals surface area contributed by atoms with Crippen LogP contribution in [-0.2, 0) is 0 Å². The second kappa shape index (κ2) is 5.87. The van der Waals surface area contributed by atoms with Crippen molar-refractivity contribution < 1.29 is 0 Å². The number of nitrogens with one attached hydrogen (secondary N) is 1. The predicted molar refractivity (Wildman–Crippen MR) is 84.4 cm³/mol. The third-order valence-electron chi connectivity index (χ3n) is 3.14. The SMILES string of the molecule is CCNC(c1ccc2nccnc2c1)c1sccc1Cl. The van der Waals surface area contributed by atoms with E-state index in [1.807, 2.05) is 17.5 Å². The number of hydrogen-bond acceptors (Lipinski definition) is 4. The number of rotatable bonds is 4. The van der Waals surface area contributed by atoms with E-state index < -0.39 is 0 Å². The van der Waals surface area contributed by atoms with E-state index in [2.05, 4.69) is 34.3 Å². The van der Waals surface area contributed by atoms with E-state index in [0.29, 0.717) is 0 Å². The van der Waals surface area contributed by atoms with Crippen molar-refractivity contribution in [3.05, 3.63) is 57.5 Å². The lowest BCUT2D eigenvalue weighted by atomic mass is 10.0. The number of halogens is 1. The predicted octanol–water partition coefficient (Wildman–Crippen LogP) is 4.04. The first-order valence-corrected chi connectivity index (χ1v) is 7.72. The van der Waals surface area contributed by atoms with E-state index in [1.54, 1.807) is 23.7 Å². The van der Waals surface area contributed by atoms with Gasteiger partial charge in [-0.2, -0.15) is 0 Å². The smallest absolute Gasteiger partial charge is 0.0890 e. The molecule has 0 aliphatic carbocycles. The monoisotopic (exact) mass is 303 g/mol. The first kappa shape index (κ1) is 13.5. The molecule has 3 nitrogen and oxygen atoms in total. The maximum Gasteiger partial charge on any atom is 0.0890 e. The molecule has 0 radical (unpaired) electrons. The van der Waals surface area contributed by atoms with Gasteiger partial charge in [0, 0.05) is 17.3 Å². The molecule has 1 atom stereocenters. The van der Waals surface area contributed by atoms with E-state index >= 15 is 0 Å². The largest absolute Gasteiger partial charge is 0.306 e. The number of hydrogen-bond donors (Lipinski definition) is 1. The van der Waals surface area contributed by atoms with E-state index in [1.165, 1.54) is 0 Å². The average molecular weight is 304 g/mol. The van der Waals surface area contributed by atoms with Gasteiger partial charge in [0.15, 0.2) is 0 Å². The molecule has 1 N–H and O–H groups in total. The molecule has 0 spiro atoms. The van der Waals surface area contributed by atoms with Crippen LogP contribution in [0.1, 0.15) is 23.4 Å². The Bertz CT molecular complexity index is 726. The standard InChI is InChI=1S/C15H14ClN3S/c1-2-17-14(15-11(16)5-8-20-15)10-3-4-12-13(9-10)19-7-6-18-12/h3-9,14,17H,2H2,1H3. The number of thiophene rings is 1. The van der Waals surface area contributed by atoms with Crippen LogP contribution in [0.15, 0.2) is 42.0 Å². The van der Waals surface area contributed by atoms with Crippen LogP contribution in [0.3, 0.4) is 0 Å². The van der Waals surface area contributed by atoms with Crippen molar-refractivity contribution in [2.24, 2.45) is 0 Å². The van der Waals surface area contributed by atoms with Crippen molar-refractivity contribution in [2.45, 2.75) is 13.0 Å². The van der Waals surface area contributed by atoms with Gasteiger partial charge in [-0.25, -0.2) is 0 Å². The second-order valence-electron chi connectivity index (χ2n) is 4.43. The van der Waals surface area contributed by atoms with Gasteiger partial charge >= 0.3 is 0 Å². The summed E-state index contributed by atoms with van der Waals surface area (Å²) in [6.07, 6.45) is 3.42. The van der Waals surface area contributed by atoms with Gasteiger partial charge in [-0.15, -0.1) is 11.3 Å². The van der Waals surface area contributed by atoms with Crippen LogP contribution in [0.5, 0.6) is 0 Å². The molecule has 0 saturated heterocycles. The molecule has 3 rings (SSSR count). The summed E-state index contributed by atoms with van der Waals surface area (Å²) in [4.78, 5) is 9.81. The molecule has 2 aromatic heterocycles. The maximum atomic E-state index is 6.28. The Labute approximate surface area is 126 Å². The maximum absolute atomic E-state index is 6.28. The minimum Gasteiger partial charge on any atom is -0.306 e. The third-order valence-corrected chi connectivity index (χ3v) is 4.57. The van der Waals surface area contributed by atoms with E-state index in [0.717, 1.165) is 33.0 Å². The minimum atomic E-state index is 0.0962. The Morgan fingerprint density at radius 3 is 2.70 bits per heavy atom. The summed E-state index contributed by atoms with van der Waals surface area (Å²) in [5.74, 6) is 0. The lowest BCUT2D eigenvalue weighted by Crippen LogP contribution is -2.21. The Balaban J connectivity index is 2.07. The van der Waals surface area contributed by atoms with Crippen LogP contribution in [-0.4, -0.2) is 16.5 Å². The molecular weight excluding hydrogens is 290 g/mol. The second-order valence-corrected chi connectivity index (χ2v) is 5.78. The molecule has 0 bridgehead atoms. The summed E-state index contributed by atoms with van der Waals surface area (Å²) < 4.78 is 0. The Morgan fingerprint density at radius 1 is 1.20 bits per heavy atom. The van der Waals surface area contributed by atoms with Crippen molar-refractivity contribution in [1.82, 2.24) is 15.3 Å². The van der Waals surface area contributed by atoms with Gasteiger partial charge in [0.25, 0.3) is 0 Å². The molecule has 3 aromatic rings. The van der Waals surface area contributed by atoms with Crippen LogP contribution in [0, 0.1) is 0 Å². The first-order valence-electron chi connectivity index (χ1n) is 6.46. The van der Waals surface area contributed by atoms with Crippen LogP contribution in [0.2, 0.25) is 5.02 Å². The molecule has 20 heavy (non-hydrogen) atoms. The zero-order valence-electron chi connectivity index (χ0n) is 11.0. The van der Waals surface area contributed by atoms with Crippen LogP contribution < -0.4 is 5.32 Å². The summed E-state index contributed by atoms with van der Waals surface area (Å²) >= 11 is 7.95. The van der Waals surface area contributed by atoms with Crippen LogP contribution >= 0.6 is 22.9 Å². The van der Waals surface area contributed by atoms with Gasteiger partial charge in [0.05, 0.1) is 22.1 Å². The molecule has 0 aliphatic rings. The number of benzene rings is 1. The Hall–Kier alpha value is -1.49. The molecule has 0 saturated carbocycles. The average Bonchev–Trinajstić information content (AvgIpc) is 2.90. The van der Waals surface area contributed by atoms with Gasteiger partial charge in [-0.05, 0) is 35.7 Å². The fourth-order valence-electron chi connectivity index (χ4n) is 2.24. The van der Waals surface area contributed by atoms with E-state index in [-0.39, 0.29) is 6.04 Å². The highest BCUT2D eigenvalue weighted by molar-refractivity contribution is 7.10. The molecule has 1 unspecified atom stereocenters. The van der Waals surface area contributed by atoms with Crippen LogP contribution in [0.4, 0.5) is 0 Å². The van der Waals surface area contributed by atoms with Crippen molar-refractivity contribution in [2.75, 3.05) is 6.54 Å².